The standard InChI is InChI=1S/C10H17N5O2/c1-6(2)13-8(16)4-12-10(17)9-7(11)5-15(3)14-9/h5-6H,4,11H2,1-3H3,(H,12,17)(H,13,16). The van der Waals surface area contributed by atoms with Crippen LogP contribution in [0.25, 0.3) is 0 Å². The van der Waals surface area contributed by atoms with Crippen molar-refractivity contribution >= 4 is 17.5 Å². The lowest BCUT2D eigenvalue weighted by molar-refractivity contribution is -0.120. The second kappa shape index (κ2) is 5.33. The fraction of sp³-hybridized carbons (Fsp3) is 0.500. The van der Waals surface area contributed by atoms with Crippen LogP contribution in [0.4, 0.5) is 5.69 Å². The molecule has 0 saturated carbocycles. The van der Waals surface area contributed by atoms with Gasteiger partial charge in [0.1, 0.15) is 0 Å². The normalized spacial score (nSPS) is 10.4. The zero-order valence-electron chi connectivity index (χ0n) is 10.2. The number of nitrogens with two attached hydrogens (primary N) is 1. The minimum Gasteiger partial charge on any atom is -0.396 e. The number of rotatable bonds is 4. The number of amides is 2. The lowest BCUT2D eigenvalue weighted by atomic mass is 10.3. The third-order valence-corrected chi connectivity index (χ3v) is 1.93. The van der Waals surface area contributed by atoms with Gasteiger partial charge in [-0.05, 0) is 13.8 Å². The summed E-state index contributed by atoms with van der Waals surface area (Å²) in [6.45, 7) is 3.60. The Bertz CT molecular complexity index is 424. The molecule has 4 N–H and O–H groups in total. The molecule has 0 atom stereocenters. The lowest BCUT2D eigenvalue weighted by Crippen LogP contribution is -2.40. The van der Waals surface area contributed by atoms with E-state index in [1.54, 1.807) is 7.05 Å². The van der Waals surface area contributed by atoms with Gasteiger partial charge in [0.2, 0.25) is 5.91 Å². The summed E-state index contributed by atoms with van der Waals surface area (Å²) < 4.78 is 1.44. The van der Waals surface area contributed by atoms with Gasteiger partial charge in [-0.1, -0.05) is 0 Å². The molecular weight excluding hydrogens is 222 g/mol. The topological polar surface area (TPSA) is 102 Å². The molecular formula is C10H17N5O2. The van der Waals surface area contributed by atoms with Crippen LogP contribution in [0.3, 0.4) is 0 Å². The van der Waals surface area contributed by atoms with E-state index in [9.17, 15) is 9.59 Å². The van der Waals surface area contributed by atoms with Gasteiger partial charge in [-0.15, -0.1) is 0 Å². The quantitative estimate of drug-likeness (QED) is 0.643. The van der Waals surface area contributed by atoms with Crippen molar-refractivity contribution in [2.24, 2.45) is 7.05 Å². The Labute approximate surface area is 99.4 Å². The Hall–Kier alpha value is -2.05. The van der Waals surface area contributed by atoms with E-state index < -0.39 is 5.91 Å². The first-order valence-corrected chi connectivity index (χ1v) is 5.27. The fourth-order valence-electron chi connectivity index (χ4n) is 1.30. The fourth-order valence-corrected chi connectivity index (χ4v) is 1.30. The highest BCUT2D eigenvalue weighted by atomic mass is 16.2. The molecule has 0 aliphatic carbocycles. The van der Waals surface area contributed by atoms with Crippen molar-refractivity contribution in [3.8, 4) is 0 Å². The number of nitrogens with zero attached hydrogens (tertiary/aromatic N) is 2. The Morgan fingerprint density at radius 2 is 2.18 bits per heavy atom. The van der Waals surface area contributed by atoms with Gasteiger partial charge in [0.15, 0.2) is 5.69 Å². The van der Waals surface area contributed by atoms with E-state index in [0.29, 0.717) is 0 Å². The van der Waals surface area contributed by atoms with Crippen LogP contribution in [0, 0.1) is 0 Å². The van der Waals surface area contributed by atoms with Crippen molar-refractivity contribution in [1.82, 2.24) is 20.4 Å². The number of anilines is 1. The average Bonchev–Trinajstić information content (AvgIpc) is 2.53. The molecule has 7 heteroatoms. The van der Waals surface area contributed by atoms with Gasteiger partial charge in [-0.2, -0.15) is 5.10 Å². The highest BCUT2D eigenvalue weighted by molar-refractivity contribution is 5.98. The molecule has 94 valence electrons. The maximum Gasteiger partial charge on any atom is 0.274 e. The summed E-state index contributed by atoms with van der Waals surface area (Å²) in [6.07, 6.45) is 1.53. The van der Waals surface area contributed by atoms with E-state index in [1.807, 2.05) is 13.8 Å². The van der Waals surface area contributed by atoms with Gasteiger partial charge < -0.3 is 16.4 Å². The van der Waals surface area contributed by atoms with Crippen LogP contribution in [0.15, 0.2) is 6.20 Å². The first kappa shape index (κ1) is 13.0. The zero-order chi connectivity index (χ0) is 13.0. The maximum atomic E-state index is 11.6. The van der Waals surface area contributed by atoms with E-state index in [2.05, 4.69) is 15.7 Å². The van der Waals surface area contributed by atoms with Gasteiger partial charge in [-0.25, -0.2) is 0 Å². The van der Waals surface area contributed by atoms with Gasteiger partial charge >= 0.3 is 0 Å². The van der Waals surface area contributed by atoms with Crippen LogP contribution in [0.1, 0.15) is 24.3 Å². The largest absolute Gasteiger partial charge is 0.396 e. The summed E-state index contributed by atoms with van der Waals surface area (Å²) in [5.41, 5.74) is 6.00. The number of hydrogen-bond acceptors (Lipinski definition) is 4. The van der Waals surface area contributed by atoms with Crippen molar-refractivity contribution < 1.29 is 9.59 Å². The molecule has 0 spiro atoms. The molecule has 1 aromatic rings. The predicted octanol–water partition coefficient (Wildman–Crippen LogP) is -0.743. The molecule has 1 aromatic heterocycles. The Balaban J connectivity index is 2.50. The van der Waals surface area contributed by atoms with Crippen LogP contribution >= 0.6 is 0 Å². The monoisotopic (exact) mass is 239 g/mol. The molecule has 0 saturated heterocycles. The SMILES string of the molecule is CC(C)NC(=O)CNC(=O)c1nn(C)cc1N. The third-order valence-electron chi connectivity index (χ3n) is 1.93. The van der Waals surface area contributed by atoms with E-state index in [4.69, 9.17) is 5.73 Å². The zero-order valence-corrected chi connectivity index (χ0v) is 10.2. The Morgan fingerprint density at radius 1 is 1.53 bits per heavy atom. The molecule has 0 radical (unpaired) electrons. The first-order valence-electron chi connectivity index (χ1n) is 5.27. The number of aryl methyl sites for hydroxylation is 1. The summed E-state index contributed by atoms with van der Waals surface area (Å²) in [5, 5.41) is 9.01. The highest BCUT2D eigenvalue weighted by Gasteiger charge is 2.14. The van der Waals surface area contributed by atoms with Gasteiger partial charge in [-0.3, -0.25) is 14.3 Å². The van der Waals surface area contributed by atoms with Crippen LogP contribution in [0.2, 0.25) is 0 Å². The molecule has 1 rings (SSSR count). The van der Waals surface area contributed by atoms with Crippen LogP contribution < -0.4 is 16.4 Å². The molecule has 7 nitrogen and oxygen atoms in total. The number of nitrogens with one attached hydrogen (secondary N) is 2. The van der Waals surface area contributed by atoms with Crippen LogP contribution in [-0.2, 0) is 11.8 Å². The molecule has 2 amide bonds. The number of aromatic nitrogens is 2. The number of hydrogen-bond donors (Lipinski definition) is 3. The Kier molecular flexibility index (Phi) is 4.08. The number of nitrogen functional groups attached to an aromatic ring is 1. The molecule has 0 bridgehead atoms. The Morgan fingerprint density at radius 3 is 2.65 bits per heavy atom. The minimum absolute atomic E-state index is 0.0410. The third kappa shape index (κ3) is 3.78. The first-order chi connectivity index (χ1) is 7.90. The lowest BCUT2D eigenvalue weighted by Gasteiger charge is -2.08. The van der Waals surface area contributed by atoms with E-state index in [1.165, 1.54) is 10.9 Å². The molecule has 0 aromatic carbocycles. The molecule has 0 fully saturated rings. The summed E-state index contributed by atoms with van der Waals surface area (Å²) in [6, 6.07) is 0.0410. The summed E-state index contributed by atoms with van der Waals surface area (Å²) in [7, 11) is 1.67. The number of carbonyl (C=O) groups excluding carboxylic acids is 2. The van der Waals surface area contributed by atoms with Crippen LogP contribution in [0.5, 0.6) is 0 Å². The predicted molar refractivity (Wildman–Crippen MR) is 63.2 cm³/mol. The van der Waals surface area contributed by atoms with Crippen molar-refractivity contribution in [1.29, 1.82) is 0 Å². The van der Waals surface area contributed by atoms with Gasteiger partial charge in [0, 0.05) is 19.3 Å². The van der Waals surface area contributed by atoms with Gasteiger partial charge in [0.05, 0.1) is 12.2 Å². The summed E-state index contributed by atoms with van der Waals surface area (Å²) >= 11 is 0. The van der Waals surface area contributed by atoms with Crippen molar-refractivity contribution in [2.45, 2.75) is 19.9 Å². The summed E-state index contributed by atoms with van der Waals surface area (Å²) in [4.78, 5) is 22.9. The van der Waals surface area contributed by atoms with E-state index >= 15 is 0 Å². The summed E-state index contributed by atoms with van der Waals surface area (Å²) in [5.74, 6) is -0.704. The van der Waals surface area contributed by atoms with E-state index in [0.717, 1.165) is 0 Å². The van der Waals surface area contributed by atoms with Crippen molar-refractivity contribution in [3.05, 3.63) is 11.9 Å². The molecule has 0 aliphatic rings. The van der Waals surface area contributed by atoms with E-state index in [-0.39, 0.29) is 29.9 Å². The number of carbonyl (C=O) groups is 2. The second-order valence-corrected chi connectivity index (χ2v) is 4.01. The highest BCUT2D eigenvalue weighted by Crippen LogP contribution is 2.06. The molecule has 0 unspecified atom stereocenters. The molecule has 0 aliphatic heterocycles. The van der Waals surface area contributed by atoms with Crippen molar-refractivity contribution in [2.75, 3.05) is 12.3 Å². The smallest absolute Gasteiger partial charge is 0.274 e. The van der Waals surface area contributed by atoms with Gasteiger partial charge in [0.25, 0.3) is 5.91 Å². The molecule has 1 heterocycles. The van der Waals surface area contributed by atoms with Crippen molar-refractivity contribution in [3.63, 3.8) is 0 Å². The molecule has 17 heavy (non-hydrogen) atoms. The second-order valence-electron chi connectivity index (χ2n) is 4.01. The maximum absolute atomic E-state index is 11.6. The minimum atomic E-state index is -0.456. The van der Waals surface area contributed by atoms with Crippen LogP contribution in [-0.4, -0.2) is 34.2 Å². The average molecular weight is 239 g/mol.